The number of nitrogens with one attached hydrogen (secondary N) is 1. The van der Waals surface area contributed by atoms with Gasteiger partial charge in [-0.15, -0.1) is 0 Å². The quantitative estimate of drug-likeness (QED) is 0.866. The van der Waals surface area contributed by atoms with Gasteiger partial charge in [-0.3, -0.25) is 0 Å². The van der Waals surface area contributed by atoms with Crippen molar-refractivity contribution in [2.24, 2.45) is 0 Å². The molecule has 1 N–H and O–H groups in total. The number of hydrogen-bond acceptors (Lipinski definition) is 2. The first kappa shape index (κ1) is 14.4. The van der Waals surface area contributed by atoms with Crippen LogP contribution < -0.4 is 5.32 Å². The van der Waals surface area contributed by atoms with Crippen molar-refractivity contribution in [3.63, 3.8) is 0 Å². The van der Waals surface area contributed by atoms with Gasteiger partial charge < -0.3 is 5.32 Å². The predicted molar refractivity (Wildman–Crippen MR) is 78.5 cm³/mol. The smallest absolute Gasteiger partial charge is 0.0548 e. The van der Waals surface area contributed by atoms with Crippen LogP contribution in [0.4, 0.5) is 0 Å². The van der Waals surface area contributed by atoms with Gasteiger partial charge in [0.15, 0.2) is 0 Å². The summed E-state index contributed by atoms with van der Waals surface area (Å²) in [4.78, 5) is 0. The van der Waals surface area contributed by atoms with Crippen LogP contribution in [0.15, 0.2) is 22.7 Å². The van der Waals surface area contributed by atoms with Gasteiger partial charge in [0, 0.05) is 22.3 Å². The zero-order valence-corrected chi connectivity index (χ0v) is 13.0. The third kappa shape index (κ3) is 4.66. The molecule has 0 aliphatic rings. The van der Waals surface area contributed by atoms with Gasteiger partial charge in [-0.1, -0.05) is 17.7 Å². The van der Waals surface area contributed by atoms with Crippen molar-refractivity contribution < 1.29 is 0 Å². The number of rotatable bonds is 5. The highest BCUT2D eigenvalue weighted by atomic mass is 79.9. The summed E-state index contributed by atoms with van der Waals surface area (Å²) in [5, 5.41) is 4.21. The first-order chi connectivity index (χ1) is 7.44. The van der Waals surface area contributed by atoms with Gasteiger partial charge in [-0.25, -0.2) is 0 Å². The number of thioether (sulfide) groups is 1. The first-order valence-corrected chi connectivity index (χ1v) is 7.54. The average Bonchev–Trinajstić information content (AvgIpc) is 2.23. The van der Waals surface area contributed by atoms with E-state index in [9.17, 15) is 0 Å². The third-order valence-electron chi connectivity index (χ3n) is 2.42. The molecular formula is C12H17BrClNS. The molecule has 0 spiro atoms. The molecule has 1 aromatic rings. The van der Waals surface area contributed by atoms with Crippen molar-refractivity contribution in [1.82, 2.24) is 5.32 Å². The molecule has 0 unspecified atom stereocenters. The summed E-state index contributed by atoms with van der Waals surface area (Å²) in [6, 6.07) is 6.02. The molecule has 0 aromatic heterocycles. The Labute approximate surface area is 115 Å². The molecule has 0 heterocycles. The molecule has 0 fully saturated rings. The maximum absolute atomic E-state index is 5.94. The normalized spacial score (nSPS) is 11.8. The van der Waals surface area contributed by atoms with Crippen molar-refractivity contribution in [2.75, 3.05) is 12.8 Å². The Bertz CT molecular complexity index is 355. The van der Waals surface area contributed by atoms with E-state index in [1.165, 1.54) is 5.56 Å². The van der Waals surface area contributed by atoms with Crippen LogP contribution in [0.5, 0.6) is 0 Å². The molecule has 0 radical (unpaired) electrons. The summed E-state index contributed by atoms with van der Waals surface area (Å²) in [6.07, 6.45) is 2.14. The van der Waals surface area contributed by atoms with Gasteiger partial charge in [0.1, 0.15) is 0 Å². The van der Waals surface area contributed by atoms with E-state index in [1.54, 1.807) is 0 Å². The molecule has 0 saturated carbocycles. The second-order valence-electron chi connectivity index (χ2n) is 4.32. The van der Waals surface area contributed by atoms with Crippen molar-refractivity contribution in [2.45, 2.75) is 25.1 Å². The SMILES string of the molecule is CSC(C)(C)CNCc1ccc(Cl)c(Br)c1. The summed E-state index contributed by atoms with van der Waals surface area (Å²) in [5.41, 5.74) is 1.24. The Balaban J connectivity index is 2.46. The predicted octanol–water partition coefficient (Wildman–Crippen LogP) is 4.33. The maximum Gasteiger partial charge on any atom is 0.0548 e. The van der Waals surface area contributed by atoms with Crippen LogP contribution in [0, 0.1) is 0 Å². The van der Waals surface area contributed by atoms with Crippen LogP contribution in [0.2, 0.25) is 5.02 Å². The minimum Gasteiger partial charge on any atom is -0.311 e. The second-order valence-corrected chi connectivity index (χ2v) is 7.09. The zero-order chi connectivity index (χ0) is 12.2. The Morgan fingerprint density at radius 1 is 1.44 bits per heavy atom. The standard InChI is InChI=1S/C12H17BrClNS/c1-12(2,16-3)8-15-7-9-4-5-11(14)10(13)6-9/h4-6,15H,7-8H2,1-3H3. The molecule has 1 aromatic carbocycles. The van der Waals surface area contributed by atoms with E-state index in [2.05, 4.69) is 47.4 Å². The second kappa shape index (κ2) is 6.29. The van der Waals surface area contributed by atoms with Gasteiger partial charge in [0.25, 0.3) is 0 Å². The average molecular weight is 323 g/mol. The summed E-state index contributed by atoms with van der Waals surface area (Å²) < 4.78 is 1.24. The first-order valence-electron chi connectivity index (χ1n) is 5.14. The molecule has 1 rings (SSSR count). The van der Waals surface area contributed by atoms with Crippen molar-refractivity contribution >= 4 is 39.3 Å². The summed E-state index contributed by atoms with van der Waals surface area (Å²) in [7, 11) is 0. The molecular weight excluding hydrogens is 306 g/mol. The van der Waals surface area contributed by atoms with Gasteiger partial charge in [-0.05, 0) is 53.7 Å². The van der Waals surface area contributed by atoms with E-state index in [0.29, 0.717) is 0 Å². The Hall–Kier alpha value is 0.300. The zero-order valence-electron chi connectivity index (χ0n) is 9.81. The van der Waals surface area contributed by atoms with E-state index in [0.717, 1.165) is 22.6 Å². The fourth-order valence-electron chi connectivity index (χ4n) is 1.23. The van der Waals surface area contributed by atoms with Crippen LogP contribution in [-0.2, 0) is 6.54 Å². The summed E-state index contributed by atoms with van der Waals surface area (Å²) in [6.45, 7) is 6.35. The number of halogens is 2. The largest absolute Gasteiger partial charge is 0.311 e. The Kier molecular flexibility index (Phi) is 5.65. The Morgan fingerprint density at radius 3 is 2.69 bits per heavy atom. The molecule has 16 heavy (non-hydrogen) atoms. The van der Waals surface area contributed by atoms with Crippen LogP contribution in [0.3, 0.4) is 0 Å². The van der Waals surface area contributed by atoms with E-state index in [4.69, 9.17) is 11.6 Å². The van der Waals surface area contributed by atoms with Gasteiger partial charge >= 0.3 is 0 Å². The van der Waals surface area contributed by atoms with Crippen LogP contribution in [-0.4, -0.2) is 17.5 Å². The third-order valence-corrected chi connectivity index (χ3v) is 4.88. The van der Waals surface area contributed by atoms with E-state index in [1.807, 2.05) is 23.9 Å². The molecule has 90 valence electrons. The molecule has 4 heteroatoms. The highest BCUT2D eigenvalue weighted by Gasteiger charge is 2.14. The highest BCUT2D eigenvalue weighted by molar-refractivity contribution is 9.10. The van der Waals surface area contributed by atoms with Crippen LogP contribution in [0.1, 0.15) is 19.4 Å². The summed E-state index contributed by atoms with van der Waals surface area (Å²) >= 11 is 11.2. The molecule has 0 aliphatic heterocycles. The maximum atomic E-state index is 5.94. The molecule has 0 bridgehead atoms. The molecule has 1 nitrogen and oxygen atoms in total. The molecule has 0 saturated heterocycles. The lowest BCUT2D eigenvalue weighted by atomic mass is 10.2. The van der Waals surface area contributed by atoms with E-state index < -0.39 is 0 Å². The highest BCUT2D eigenvalue weighted by Crippen LogP contribution is 2.23. The van der Waals surface area contributed by atoms with Crippen LogP contribution in [0.25, 0.3) is 0 Å². The van der Waals surface area contributed by atoms with Gasteiger partial charge in [0.2, 0.25) is 0 Å². The topological polar surface area (TPSA) is 12.0 Å². The Morgan fingerprint density at radius 2 is 2.12 bits per heavy atom. The lowest BCUT2D eigenvalue weighted by Crippen LogP contribution is -2.31. The number of benzene rings is 1. The lowest BCUT2D eigenvalue weighted by molar-refractivity contribution is 0.591. The monoisotopic (exact) mass is 321 g/mol. The molecule has 0 atom stereocenters. The van der Waals surface area contributed by atoms with Crippen molar-refractivity contribution in [3.8, 4) is 0 Å². The summed E-state index contributed by atoms with van der Waals surface area (Å²) in [5.74, 6) is 0. The van der Waals surface area contributed by atoms with E-state index in [-0.39, 0.29) is 4.75 Å². The number of hydrogen-bond donors (Lipinski definition) is 1. The minimum atomic E-state index is 0.281. The molecule has 0 aliphatic carbocycles. The van der Waals surface area contributed by atoms with E-state index >= 15 is 0 Å². The minimum absolute atomic E-state index is 0.281. The fraction of sp³-hybridized carbons (Fsp3) is 0.500. The van der Waals surface area contributed by atoms with Crippen molar-refractivity contribution in [3.05, 3.63) is 33.3 Å². The van der Waals surface area contributed by atoms with Crippen molar-refractivity contribution in [1.29, 1.82) is 0 Å². The van der Waals surface area contributed by atoms with Crippen LogP contribution >= 0.6 is 39.3 Å². The van der Waals surface area contributed by atoms with Gasteiger partial charge in [-0.2, -0.15) is 11.8 Å². The lowest BCUT2D eigenvalue weighted by Gasteiger charge is -2.22. The van der Waals surface area contributed by atoms with Gasteiger partial charge in [0.05, 0.1) is 5.02 Å². The molecule has 0 amide bonds. The fourth-order valence-corrected chi connectivity index (χ4v) is 2.02.